The Hall–Kier alpha value is -1.40. The number of hydrogen-bond acceptors (Lipinski definition) is 3. The molecule has 0 aliphatic carbocycles. The average Bonchev–Trinajstić information content (AvgIpc) is 2.77. The molecule has 1 atom stereocenters. The summed E-state index contributed by atoms with van der Waals surface area (Å²) in [4.78, 5) is 12.0. The molecule has 1 aliphatic heterocycles. The van der Waals surface area contributed by atoms with Crippen molar-refractivity contribution in [3.8, 4) is 0 Å². The summed E-state index contributed by atoms with van der Waals surface area (Å²) in [6.45, 7) is 0.537. The maximum Gasteiger partial charge on any atom is 0.416 e. The molecule has 1 aliphatic rings. The minimum Gasteiger partial charge on any atom is -0.379 e. The summed E-state index contributed by atoms with van der Waals surface area (Å²) in [6, 6.07) is 4.74. The van der Waals surface area contributed by atoms with Crippen LogP contribution >= 0.6 is 0 Å². The summed E-state index contributed by atoms with van der Waals surface area (Å²) in [5, 5.41) is 0. The lowest BCUT2D eigenvalue weighted by Gasteiger charge is -2.20. The molecule has 2 N–H and O–H groups in total. The summed E-state index contributed by atoms with van der Waals surface area (Å²) < 4.78 is 42.7. The van der Waals surface area contributed by atoms with Crippen LogP contribution in [-0.2, 0) is 22.1 Å². The van der Waals surface area contributed by atoms with Crippen molar-refractivity contribution < 1.29 is 22.7 Å². The maximum atomic E-state index is 12.6. The Morgan fingerprint density at radius 1 is 1.42 bits per heavy atom. The Bertz CT molecular complexity index is 479. The summed E-state index contributed by atoms with van der Waals surface area (Å²) in [5.74, 6) is -0.288. The Morgan fingerprint density at radius 2 is 2.16 bits per heavy atom. The third kappa shape index (κ3) is 3.13. The normalized spacial score (nSPS) is 23.6. The van der Waals surface area contributed by atoms with Crippen LogP contribution in [-0.4, -0.2) is 24.5 Å². The van der Waals surface area contributed by atoms with Crippen LogP contribution in [0.5, 0.6) is 0 Å². The number of nitrogens with two attached hydrogens (primary N) is 1. The fourth-order valence-electron chi connectivity index (χ4n) is 2.02. The molecular weight excluding hydrogens is 259 g/mol. The minimum atomic E-state index is -4.41. The second kappa shape index (κ2) is 4.94. The number of benzene rings is 1. The fraction of sp³-hybridized carbons (Fsp3) is 0.462. The van der Waals surface area contributed by atoms with Gasteiger partial charge in [-0.15, -0.1) is 0 Å². The molecule has 0 spiro atoms. The van der Waals surface area contributed by atoms with E-state index in [4.69, 9.17) is 10.5 Å². The van der Waals surface area contributed by atoms with Gasteiger partial charge >= 0.3 is 6.18 Å². The SMILES string of the molecule is NC1(C(=O)Cc2cccc(C(F)(F)F)c2)CCOC1. The summed E-state index contributed by atoms with van der Waals surface area (Å²) in [5.41, 5.74) is 4.37. The third-order valence-corrected chi connectivity index (χ3v) is 3.23. The summed E-state index contributed by atoms with van der Waals surface area (Å²) in [6.07, 6.45) is -4.11. The fourth-order valence-corrected chi connectivity index (χ4v) is 2.02. The van der Waals surface area contributed by atoms with Crippen LogP contribution in [0.3, 0.4) is 0 Å². The molecule has 3 nitrogen and oxygen atoms in total. The highest BCUT2D eigenvalue weighted by Crippen LogP contribution is 2.30. The van der Waals surface area contributed by atoms with Gasteiger partial charge in [-0.3, -0.25) is 4.79 Å². The molecule has 0 amide bonds. The van der Waals surface area contributed by atoms with Gasteiger partial charge in [0.05, 0.1) is 12.2 Å². The number of carbonyl (C=O) groups excluding carboxylic acids is 1. The first kappa shape index (κ1) is 14.0. The quantitative estimate of drug-likeness (QED) is 0.915. The molecule has 6 heteroatoms. The van der Waals surface area contributed by atoms with E-state index in [0.29, 0.717) is 18.6 Å². The average molecular weight is 273 g/mol. The minimum absolute atomic E-state index is 0.107. The highest BCUT2D eigenvalue weighted by Gasteiger charge is 2.38. The second-order valence-electron chi connectivity index (χ2n) is 4.76. The van der Waals surface area contributed by atoms with Gasteiger partial charge in [-0.2, -0.15) is 13.2 Å². The zero-order chi connectivity index (χ0) is 14.1. The summed E-state index contributed by atoms with van der Waals surface area (Å²) >= 11 is 0. The first-order valence-electron chi connectivity index (χ1n) is 5.87. The number of ketones is 1. The zero-order valence-electron chi connectivity index (χ0n) is 10.2. The molecule has 104 valence electrons. The largest absolute Gasteiger partial charge is 0.416 e. The Kier molecular flexibility index (Phi) is 3.64. The van der Waals surface area contributed by atoms with Crippen molar-refractivity contribution in [2.24, 2.45) is 5.73 Å². The van der Waals surface area contributed by atoms with Crippen LogP contribution in [0, 0.1) is 0 Å². The maximum absolute atomic E-state index is 12.6. The van der Waals surface area contributed by atoms with Gasteiger partial charge in [0.1, 0.15) is 5.54 Å². The topological polar surface area (TPSA) is 52.3 Å². The number of rotatable bonds is 3. The van der Waals surface area contributed by atoms with E-state index in [-0.39, 0.29) is 18.8 Å². The van der Waals surface area contributed by atoms with E-state index in [1.54, 1.807) is 0 Å². The molecule has 19 heavy (non-hydrogen) atoms. The molecule has 2 rings (SSSR count). The Labute approximate surface area is 108 Å². The van der Waals surface area contributed by atoms with Crippen molar-refractivity contribution in [1.82, 2.24) is 0 Å². The van der Waals surface area contributed by atoms with Gasteiger partial charge in [0.15, 0.2) is 5.78 Å². The number of carbonyl (C=O) groups is 1. The van der Waals surface area contributed by atoms with Crippen molar-refractivity contribution >= 4 is 5.78 Å². The van der Waals surface area contributed by atoms with Crippen molar-refractivity contribution in [2.45, 2.75) is 24.6 Å². The van der Waals surface area contributed by atoms with E-state index in [1.807, 2.05) is 0 Å². The highest BCUT2D eigenvalue weighted by molar-refractivity contribution is 5.90. The Morgan fingerprint density at radius 3 is 2.74 bits per heavy atom. The third-order valence-electron chi connectivity index (χ3n) is 3.23. The standard InChI is InChI=1S/C13H14F3NO2/c14-13(15,16)10-3-1-2-9(6-10)7-11(18)12(17)4-5-19-8-12/h1-3,6H,4-5,7-8,17H2. The van der Waals surface area contributed by atoms with E-state index in [9.17, 15) is 18.0 Å². The van der Waals surface area contributed by atoms with Crippen molar-refractivity contribution in [2.75, 3.05) is 13.2 Å². The lowest BCUT2D eigenvalue weighted by Crippen LogP contribution is -2.49. The highest BCUT2D eigenvalue weighted by atomic mass is 19.4. The molecule has 1 aromatic carbocycles. The van der Waals surface area contributed by atoms with Crippen molar-refractivity contribution in [1.29, 1.82) is 0 Å². The molecular formula is C13H14F3NO2. The van der Waals surface area contributed by atoms with Crippen LogP contribution < -0.4 is 5.73 Å². The van der Waals surface area contributed by atoms with Crippen LogP contribution in [0.25, 0.3) is 0 Å². The lowest BCUT2D eigenvalue weighted by atomic mass is 9.90. The molecule has 1 heterocycles. The molecule has 1 unspecified atom stereocenters. The number of hydrogen-bond donors (Lipinski definition) is 1. The number of halogens is 3. The molecule has 1 fully saturated rings. The van der Waals surface area contributed by atoms with E-state index >= 15 is 0 Å². The van der Waals surface area contributed by atoms with Gasteiger partial charge < -0.3 is 10.5 Å². The van der Waals surface area contributed by atoms with E-state index < -0.39 is 17.3 Å². The predicted molar refractivity (Wildman–Crippen MR) is 62.5 cm³/mol. The number of Topliss-reactive ketones (excluding diaryl/α,β-unsaturated/α-hetero) is 1. The smallest absolute Gasteiger partial charge is 0.379 e. The van der Waals surface area contributed by atoms with Crippen LogP contribution in [0.4, 0.5) is 13.2 Å². The van der Waals surface area contributed by atoms with Gasteiger partial charge in [-0.25, -0.2) is 0 Å². The van der Waals surface area contributed by atoms with E-state index in [2.05, 4.69) is 0 Å². The first-order valence-corrected chi connectivity index (χ1v) is 5.87. The van der Waals surface area contributed by atoms with Gasteiger partial charge in [0, 0.05) is 13.0 Å². The summed E-state index contributed by atoms with van der Waals surface area (Å²) in [7, 11) is 0. The van der Waals surface area contributed by atoms with Crippen LogP contribution in [0.1, 0.15) is 17.5 Å². The molecule has 1 aromatic rings. The van der Waals surface area contributed by atoms with Crippen LogP contribution in [0.2, 0.25) is 0 Å². The van der Waals surface area contributed by atoms with Crippen molar-refractivity contribution in [3.05, 3.63) is 35.4 Å². The Balaban J connectivity index is 2.13. The zero-order valence-corrected chi connectivity index (χ0v) is 10.2. The van der Waals surface area contributed by atoms with E-state index in [1.165, 1.54) is 12.1 Å². The van der Waals surface area contributed by atoms with Gasteiger partial charge in [-0.05, 0) is 18.1 Å². The molecule has 0 bridgehead atoms. The predicted octanol–water partition coefficient (Wildman–Crippen LogP) is 1.93. The van der Waals surface area contributed by atoms with E-state index in [0.717, 1.165) is 12.1 Å². The molecule has 0 radical (unpaired) electrons. The number of alkyl halides is 3. The number of ether oxygens (including phenoxy) is 1. The van der Waals surface area contributed by atoms with Gasteiger partial charge in [0.2, 0.25) is 0 Å². The van der Waals surface area contributed by atoms with Gasteiger partial charge in [-0.1, -0.05) is 18.2 Å². The first-order chi connectivity index (χ1) is 8.81. The molecule has 0 saturated carbocycles. The lowest BCUT2D eigenvalue weighted by molar-refractivity contribution is -0.137. The molecule has 0 aromatic heterocycles. The van der Waals surface area contributed by atoms with Gasteiger partial charge in [0.25, 0.3) is 0 Å². The molecule has 1 saturated heterocycles. The van der Waals surface area contributed by atoms with Crippen molar-refractivity contribution in [3.63, 3.8) is 0 Å². The second-order valence-corrected chi connectivity index (χ2v) is 4.76. The van der Waals surface area contributed by atoms with Crippen LogP contribution in [0.15, 0.2) is 24.3 Å². The monoisotopic (exact) mass is 273 g/mol.